The quantitative estimate of drug-likeness (QED) is 0.533. The van der Waals surface area contributed by atoms with Crippen molar-refractivity contribution in [3.8, 4) is 5.95 Å². The maximum atomic E-state index is 12.0. The minimum absolute atomic E-state index is 1.36. The highest BCUT2D eigenvalue weighted by atomic mass is 19.1. The molecule has 0 unspecified atom stereocenters. The van der Waals surface area contributed by atoms with E-state index in [9.17, 15) is 14.0 Å². The first-order chi connectivity index (χ1) is 4.61. The molecule has 1 N–H and O–H groups in total. The Morgan fingerprint density at radius 3 is 2.40 bits per heavy atom. The van der Waals surface area contributed by atoms with Crippen LogP contribution in [0.2, 0.25) is 0 Å². The average Bonchev–Trinajstić information content (AvgIpc) is 1.82. The molecule has 1 aromatic rings. The van der Waals surface area contributed by atoms with E-state index in [1.807, 2.05) is 0 Å². The fourth-order valence-corrected chi connectivity index (χ4v) is 0.352. The largest absolute Gasteiger partial charge is 0.524 e. The van der Waals surface area contributed by atoms with E-state index in [2.05, 4.69) is 8.83 Å². The topological polar surface area (TPSA) is 80.6 Å². The zero-order valence-corrected chi connectivity index (χ0v) is 4.46. The smallest absolute Gasteiger partial charge is 0.478 e. The predicted octanol–water partition coefficient (Wildman–Crippen LogP) is -0.562. The summed E-state index contributed by atoms with van der Waals surface area (Å²) < 4.78 is 19.2. The molecule has 0 radical (unpaired) electrons. The Bertz CT molecular complexity index is 347. The molecule has 0 saturated heterocycles. The lowest BCUT2D eigenvalue weighted by molar-refractivity contribution is 0.198. The van der Waals surface area contributed by atoms with Gasteiger partial charge in [-0.2, -0.15) is 4.39 Å². The number of hydrogen-bond donors (Lipinski definition) is 1. The Hall–Kier alpha value is -1.59. The molecule has 10 heavy (non-hydrogen) atoms. The van der Waals surface area contributed by atoms with Gasteiger partial charge in [0.25, 0.3) is 5.82 Å². The molecule has 5 nitrogen and oxygen atoms in total. The van der Waals surface area contributed by atoms with Crippen molar-refractivity contribution >= 4 is 0 Å². The highest BCUT2D eigenvalue weighted by Crippen LogP contribution is 2.04. The van der Waals surface area contributed by atoms with Crippen LogP contribution in [0.3, 0.4) is 0 Å². The lowest BCUT2D eigenvalue weighted by Crippen LogP contribution is -2.12. The molecule has 1 aromatic heterocycles. The first-order valence-corrected chi connectivity index (χ1v) is 2.14. The Balaban J connectivity index is 3.62. The Labute approximate surface area is 52.3 Å². The van der Waals surface area contributed by atoms with Crippen molar-refractivity contribution < 1.29 is 18.3 Å². The first kappa shape index (κ1) is 6.53. The van der Waals surface area contributed by atoms with Crippen molar-refractivity contribution in [2.45, 2.75) is 0 Å². The highest BCUT2D eigenvalue weighted by molar-refractivity contribution is 4.99. The van der Waals surface area contributed by atoms with E-state index >= 15 is 0 Å². The van der Waals surface area contributed by atoms with Crippen molar-refractivity contribution in [2.24, 2.45) is 0 Å². The summed E-state index contributed by atoms with van der Waals surface area (Å²) in [5.74, 6) is -4.41. The molecule has 0 amide bonds. The van der Waals surface area contributed by atoms with Gasteiger partial charge in [0.2, 0.25) is 0 Å². The van der Waals surface area contributed by atoms with Crippen LogP contribution in [0.5, 0.6) is 5.95 Å². The van der Waals surface area contributed by atoms with Gasteiger partial charge in [-0.05, 0) is 0 Å². The van der Waals surface area contributed by atoms with Gasteiger partial charge in [0.15, 0.2) is 0 Å². The zero-order valence-electron chi connectivity index (χ0n) is 4.46. The molecule has 1 rings (SSSR count). The lowest BCUT2D eigenvalue weighted by Gasteiger charge is -1.85. The lowest BCUT2D eigenvalue weighted by atomic mass is 10.6. The summed E-state index contributed by atoms with van der Waals surface area (Å²) in [6.07, 6.45) is 0. The zero-order chi connectivity index (χ0) is 7.72. The Kier molecular flexibility index (Phi) is 1.29. The molecule has 54 valence electrons. The molecule has 0 saturated carbocycles. The van der Waals surface area contributed by atoms with Crippen LogP contribution in [-0.2, 0) is 0 Å². The number of halogens is 1. The highest BCUT2D eigenvalue weighted by Gasteiger charge is 2.10. The van der Waals surface area contributed by atoms with E-state index < -0.39 is 23.2 Å². The molecule has 0 aliphatic rings. The minimum atomic E-state index is -1.61. The average molecular weight is 148 g/mol. The van der Waals surface area contributed by atoms with E-state index in [4.69, 9.17) is 5.11 Å². The third-order valence-corrected chi connectivity index (χ3v) is 0.723. The summed E-state index contributed by atoms with van der Waals surface area (Å²) in [5.41, 5.74) is -1.55. The van der Waals surface area contributed by atoms with Gasteiger partial charge in [-0.3, -0.25) is 0 Å². The van der Waals surface area contributed by atoms with E-state index in [1.54, 1.807) is 0 Å². The van der Waals surface area contributed by atoms with Gasteiger partial charge in [0.1, 0.15) is 0 Å². The maximum absolute atomic E-state index is 12.0. The van der Waals surface area contributed by atoms with Crippen LogP contribution in [0.4, 0.5) is 4.39 Å². The van der Waals surface area contributed by atoms with E-state index in [1.165, 1.54) is 0 Å². The van der Waals surface area contributed by atoms with Crippen molar-refractivity contribution in [1.82, 2.24) is 0 Å². The summed E-state index contributed by atoms with van der Waals surface area (Å²) in [4.78, 5) is 20.1. The van der Waals surface area contributed by atoms with Crippen LogP contribution in [0.25, 0.3) is 0 Å². The molecule has 6 heteroatoms. The van der Waals surface area contributed by atoms with Crippen LogP contribution < -0.4 is 11.4 Å². The molecule has 0 aliphatic carbocycles. The van der Waals surface area contributed by atoms with Crippen molar-refractivity contribution in [3.63, 3.8) is 0 Å². The van der Waals surface area contributed by atoms with Crippen molar-refractivity contribution in [1.29, 1.82) is 0 Å². The minimum Gasteiger partial charge on any atom is -0.478 e. The van der Waals surface area contributed by atoms with Crippen LogP contribution in [0.1, 0.15) is 0 Å². The van der Waals surface area contributed by atoms with Crippen LogP contribution in [-0.4, -0.2) is 5.11 Å². The van der Waals surface area contributed by atoms with Gasteiger partial charge in [-0.1, -0.05) is 0 Å². The van der Waals surface area contributed by atoms with Gasteiger partial charge in [-0.15, -0.1) is 0 Å². The van der Waals surface area contributed by atoms with Crippen molar-refractivity contribution in [3.05, 3.63) is 26.9 Å². The summed E-state index contributed by atoms with van der Waals surface area (Å²) in [6, 6.07) is 0. The van der Waals surface area contributed by atoms with Crippen LogP contribution >= 0.6 is 0 Å². The van der Waals surface area contributed by atoms with E-state index in [-0.39, 0.29) is 0 Å². The summed E-state index contributed by atoms with van der Waals surface area (Å²) in [6.45, 7) is 0. The molecule has 0 fully saturated rings. The second-order valence-corrected chi connectivity index (χ2v) is 1.36. The van der Waals surface area contributed by atoms with E-state index in [0.717, 1.165) is 0 Å². The Morgan fingerprint density at radius 2 is 1.90 bits per heavy atom. The third-order valence-electron chi connectivity index (χ3n) is 0.723. The van der Waals surface area contributed by atoms with Gasteiger partial charge < -0.3 is 13.9 Å². The van der Waals surface area contributed by atoms with Gasteiger partial charge in [0.05, 0.1) is 0 Å². The first-order valence-electron chi connectivity index (χ1n) is 2.14. The summed E-state index contributed by atoms with van der Waals surface area (Å²) >= 11 is 0. The molecule has 0 aliphatic heterocycles. The van der Waals surface area contributed by atoms with Gasteiger partial charge >= 0.3 is 17.4 Å². The monoisotopic (exact) mass is 148 g/mol. The van der Waals surface area contributed by atoms with E-state index in [0.29, 0.717) is 0 Å². The SMILES string of the molecule is O=c1oc(O)c(F)c(=O)o1. The van der Waals surface area contributed by atoms with Gasteiger partial charge in [0, 0.05) is 0 Å². The predicted molar refractivity (Wildman–Crippen MR) is 25.1 cm³/mol. The standard InChI is InChI=1S/C4HFO5/c5-1-2(6)9-4(8)10-3(1)7/h6H. The number of aromatic hydroxyl groups is 1. The Morgan fingerprint density at radius 1 is 1.30 bits per heavy atom. The van der Waals surface area contributed by atoms with Crippen LogP contribution in [0, 0.1) is 5.82 Å². The molecule has 0 bridgehead atoms. The fourth-order valence-electron chi connectivity index (χ4n) is 0.352. The van der Waals surface area contributed by atoms with Crippen LogP contribution in [0.15, 0.2) is 18.4 Å². The molecule has 0 atom stereocenters. The van der Waals surface area contributed by atoms with Gasteiger partial charge in [-0.25, -0.2) is 9.59 Å². The fraction of sp³-hybridized carbons (Fsp3) is 0. The molecular weight excluding hydrogens is 147 g/mol. The molecule has 1 heterocycles. The normalized spacial score (nSPS) is 9.70. The second kappa shape index (κ2) is 1.98. The molecular formula is C4HFO5. The summed E-state index contributed by atoms with van der Waals surface area (Å²) in [7, 11) is 0. The number of rotatable bonds is 0. The summed E-state index contributed by atoms with van der Waals surface area (Å²) in [5, 5.41) is 8.28. The third kappa shape index (κ3) is 0.903. The second-order valence-electron chi connectivity index (χ2n) is 1.36. The number of hydrogen-bond acceptors (Lipinski definition) is 5. The molecule has 0 aromatic carbocycles. The molecule has 0 spiro atoms. The van der Waals surface area contributed by atoms with Crippen molar-refractivity contribution in [2.75, 3.05) is 0 Å². The maximum Gasteiger partial charge on any atom is 0.524 e.